The van der Waals surface area contributed by atoms with Gasteiger partial charge in [-0.2, -0.15) is 0 Å². The van der Waals surface area contributed by atoms with E-state index in [-0.39, 0.29) is 23.3 Å². The van der Waals surface area contributed by atoms with Crippen LogP contribution in [-0.4, -0.2) is 15.3 Å². The second kappa shape index (κ2) is 9.89. The minimum absolute atomic E-state index is 0.111. The number of fused-ring (bicyclic) bond motifs is 1. The Kier molecular flexibility index (Phi) is 6.54. The first kappa shape index (κ1) is 22.5. The summed E-state index contributed by atoms with van der Waals surface area (Å²) in [6, 6.07) is 21.5. The van der Waals surface area contributed by atoms with Crippen LogP contribution in [-0.2, 0) is 5.75 Å². The quantitative estimate of drug-likeness (QED) is 0.347. The lowest BCUT2D eigenvalue weighted by molar-refractivity contribution is 0.0984. The molecule has 0 aliphatic heterocycles. The second-order valence-electron chi connectivity index (χ2n) is 8.67. The summed E-state index contributed by atoms with van der Waals surface area (Å²) in [4.78, 5) is 26.4. The number of halogens is 1. The summed E-state index contributed by atoms with van der Waals surface area (Å²) in [5.74, 6) is -0.0230. The van der Waals surface area contributed by atoms with Crippen molar-refractivity contribution in [3.63, 3.8) is 0 Å². The molecule has 5 nitrogen and oxygen atoms in total. The van der Waals surface area contributed by atoms with Crippen molar-refractivity contribution in [2.24, 2.45) is 0 Å². The van der Waals surface area contributed by atoms with E-state index in [0.717, 1.165) is 42.5 Å². The lowest BCUT2D eigenvalue weighted by Gasteiger charge is -2.26. The number of benzene rings is 3. The van der Waals surface area contributed by atoms with Crippen molar-refractivity contribution >= 4 is 28.8 Å². The Labute approximate surface area is 201 Å². The van der Waals surface area contributed by atoms with E-state index in [1.165, 1.54) is 30.5 Å². The fourth-order valence-corrected chi connectivity index (χ4v) is 5.37. The Bertz CT molecular complexity index is 1360. The molecule has 0 bridgehead atoms. The average molecular weight is 476 g/mol. The molecule has 0 atom stereocenters. The lowest BCUT2D eigenvalue weighted by Crippen LogP contribution is -2.25. The van der Waals surface area contributed by atoms with E-state index in [1.54, 1.807) is 28.9 Å². The van der Waals surface area contributed by atoms with Gasteiger partial charge in [0.2, 0.25) is 0 Å². The Morgan fingerprint density at radius 3 is 2.44 bits per heavy atom. The zero-order valence-electron chi connectivity index (χ0n) is 18.7. The molecule has 1 aliphatic carbocycles. The third-order valence-electron chi connectivity index (χ3n) is 6.38. The van der Waals surface area contributed by atoms with Gasteiger partial charge in [0.05, 0.1) is 22.6 Å². The molecule has 1 N–H and O–H groups in total. The number of aromatic nitrogens is 2. The van der Waals surface area contributed by atoms with Gasteiger partial charge in [0.1, 0.15) is 5.82 Å². The molecule has 1 aliphatic rings. The fraction of sp³-hybridized carbons (Fsp3) is 0.259. The lowest BCUT2D eigenvalue weighted by atomic mass is 9.95. The Morgan fingerprint density at radius 2 is 1.71 bits per heavy atom. The van der Waals surface area contributed by atoms with E-state index in [1.807, 2.05) is 36.4 Å². The SMILES string of the molecule is O=C(NSCc1ccc(F)cc1)c1ccc2c(c1)c(=O)n(-c1ccccc1)n2C1CCCCC1. The molecule has 1 heterocycles. The third kappa shape index (κ3) is 4.53. The van der Waals surface area contributed by atoms with Crippen molar-refractivity contribution in [1.82, 2.24) is 14.1 Å². The van der Waals surface area contributed by atoms with Crippen LogP contribution in [0.1, 0.15) is 54.1 Å². The van der Waals surface area contributed by atoms with Gasteiger partial charge in [0.15, 0.2) is 0 Å². The Morgan fingerprint density at radius 1 is 0.971 bits per heavy atom. The molecular weight excluding hydrogens is 449 g/mol. The largest absolute Gasteiger partial charge is 0.296 e. The van der Waals surface area contributed by atoms with E-state index < -0.39 is 0 Å². The maximum absolute atomic E-state index is 13.6. The van der Waals surface area contributed by atoms with Gasteiger partial charge in [0.25, 0.3) is 11.5 Å². The molecule has 174 valence electrons. The molecule has 1 amide bonds. The van der Waals surface area contributed by atoms with Gasteiger partial charge in [-0.25, -0.2) is 9.07 Å². The van der Waals surface area contributed by atoms with Crippen LogP contribution in [0.15, 0.2) is 77.6 Å². The van der Waals surface area contributed by atoms with E-state index in [0.29, 0.717) is 16.7 Å². The molecule has 0 unspecified atom stereocenters. The number of nitrogens with one attached hydrogen (secondary N) is 1. The van der Waals surface area contributed by atoms with Crippen LogP contribution < -0.4 is 10.3 Å². The van der Waals surface area contributed by atoms with Crippen LogP contribution in [0.4, 0.5) is 4.39 Å². The standard InChI is InChI=1S/C27H26FN3O2S/c28-21-14-11-19(12-15-21)18-34-29-26(32)20-13-16-25-24(17-20)27(33)31(23-9-5-2-6-10-23)30(25)22-7-3-1-4-8-22/h2,5-6,9-17,22H,1,3-4,7-8,18H2,(H,29,32). The van der Waals surface area contributed by atoms with Gasteiger partial charge < -0.3 is 0 Å². The molecular formula is C27H26FN3O2S. The van der Waals surface area contributed by atoms with E-state index in [2.05, 4.69) is 9.40 Å². The van der Waals surface area contributed by atoms with Crippen molar-refractivity contribution in [2.75, 3.05) is 0 Å². The number of carbonyl (C=O) groups is 1. The summed E-state index contributed by atoms with van der Waals surface area (Å²) in [7, 11) is 0. The molecule has 5 rings (SSSR count). The maximum atomic E-state index is 13.6. The summed E-state index contributed by atoms with van der Waals surface area (Å²) in [6.45, 7) is 0. The minimum Gasteiger partial charge on any atom is -0.296 e. The van der Waals surface area contributed by atoms with Gasteiger partial charge in [-0.15, -0.1) is 0 Å². The third-order valence-corrected chi connectivity index (χ3v) is 7.19. The number of carbonyl (C=O) groups excluding carboxylic acids is 1. The van der Waals surface area contributed by atoms with Crippen LogP contribution >= 0.6 is 11.9 Å². The molecule has 34 heavy (non-hydrogen) atoms. The minimum atomic E-state index is -0.285. The summed E-state index contributed by atoms with van der Waals surface area (Å²) in [5.41, 5.74) is 2.93. The second-order valence-corrected chi connectivity index (χ2v) is 9.45. The van der Waals surface area contributed by atoms with Gasteiger partial charge in [-0.3, -0.25) is 19.0 Å². The smallest absolute Gasteiger partial charge is 0.279 e. The summed E-state index contributed by atoms with van der Waals surface area (Å²) in [6.07, 6.45) is 5.61. The van der Waals surface area contributed by atoms with Crippen LogP contribution in [0.3, 0.4) is 0 Å². The molecule has 4 aromatic rings. The van der Waals surface area contributed by atoms with Crippen LogP contribution in [0.25, 0.3) is 16.6 Å². The van der Waals surface area contributed by atoms with Gasteiger partial charge >= 0.3 is 0 Å². The van der Waals surface area contributed by atoms with Gasteiger partial charge in [0, 0.05) is 11.3 Å². The molecule has 0 spiro atoms. The molecule has 1 aromatic heterocycles. The number of hydrogen-bond acceptors (Lipinski definition) is 3. The predicted octanol–water partition coefficient (Wildman–Crippen LogP) is 6.01. The van der Waals surface area contributed by atoms with E-state index in [9.17, 15) is 14.0 Å². The van der Waals surface area contributed by atoms with Crippen molar-refractivity contribution in [3.05, 3.63) is 100 Å². The first-order valence-corrected chi connectivity index (χ1v) is 12.6. The molecule has 3 aromatic carbocycles. The van der Waals surface area contributed by atoms with Crippen LogP contribution in [0.2, 0.25) is 0 Å². The normalized spacial score (nSPS) is 14.4. The number of rotatable bonds is 6. The number of hydrogen-bond donors (Lipinski definition) is 1. The zero-order chi connectivity index (χ0) is 23.5. The van der Waals surface area contributed by atoms with Gasteiger partial charge in [-0.05, 0) is 72.8 Å². The molecule has 1 fully saturated rings. The molecule has 0 radical (unpaired) electrons. The monoisotopic (exact) mass is 475 g/mol. The van der Waals surface area contributed by atoms with E-state index >= 15 is 0 Å². The number of para-hydroxylation sites is 1. The Balaban J connectivity index is 1.45. The average Bonchev–Trinajstić information content (AvgIpc) is 3.18. The highest BCUT2D eigenvalue weighted by Crippen LogP contribution is 2.32. The van der Waals surface area contributed by atoms with Crippen LogP contribution in [0.5, 0.6) is 0 Å². The highest BCUT2D eigenvalue weighted by Gasteiger charge is 2.24. The van der Waals surface area contributed by atoms with Gasteiger partial charge in [-0.1, -0.05) is 49.6 Å². The van der Waals surface area contributed by atoms with Crippen molar-refractivity contribution in [1.29, 1.82) is 0 Å². The molecule has 0 saturated heterocycles. The Hall–Kier alpha value is -3.32. The first-order valence-electron chi connectivity index (χ1n) is 11.6. The van der Waals surface area contributed by atoms with Crippen molar-refractivity contribution in [2.45, 2.75) is 43.9 Å². The summed E-state index contributed by atoms with van der Waals surface area (Å²) < 4.78 is 19.8. The highest BCUT2D eigenvalue weighted by molar-refractivity contribution is 7.97. The summed E-state index contributed by atoms with van der Waals surface area (Å²) in [5, 5.41) is 0.547. The van der Waals surface area contributed by atoms with Crippen molar-refractivity contribution in [3.8, 4) is 5.69 Å². The predicted molar refractivity (Wildman–Crippen MR) is 135 cm³/mol. The first-order chi connectivity index (χ1) is 16.6. The molecule has 1 saturated carbocycles. The van der Waals surface area contributed by atoms with Crippen molar-refractivity contribution < 1.29 is 9.18 Å². The van der Waals surface area contributed by atoms with Crippen LogP contribution in [0, 0.1) is 5.82 Å². The molecule has 7 heteroatoms. The zero-order valence-corrected chi connectivity index (χ0v) is 19.6. The number of amides is 1. The maximum Gasteiger partial charge on any atom is 0.279 e. The van der Waals surface area contributed by atoms with E-state index in [4.69, 9.17) is 0 Å². The topological polar surface area (TPSA) is 56.0 Å². The number of nitrogens with zero attached hydrogens (tertiary/aromatic N) is 2. The summed E-state index contributed by atoms with van der Waals surface area (Å²) >= 11 is 1.24. The fourth-order valence-electron chi connectivity index (χ4n) is 4.69. The highest BCUT2D eigenvalue weighted by atomic mass is 32.2.